The van der Waals surface area contributed by atoms with Gasteiger partial charge in [0.1, 0.15) is 12.0 Å². The molecule has 3 rings (SSSR count). The second-order valence-corrected chi connectivity index (χ2v) is 5.03. The Morgan fingerprint density at radius 2 is 1.96 bits per heavy atom. The second kappa shape index (κ2) is 6.09. The molecule has 8 heteroatoms. The Kier molecular flexibility index (Phi) is 3.97. The first-order valence-corrected chi connectivity index (χ1v) is 7.08. The van der Waals surface area contributed by atoms with Crippen LogP contribution < -0.4 is 5.73 Å². The maximum Gasteiger partial charge on any atom is 0.294 e. The zero-order valence-corrected chi connectivity index (χ0v) is 13.1. The van der Waals surface area contributed by atoms with E-state index in [2.05, 4.69) is 9.97 Å². The summed E-state index contributed by atoms with van der Waals surface area (Å²) in [6.07, 6.45) is 1.34. The summed E-state index contributed by atoms with van der Waals surface area (Å²) in [6, 6.07) is 10.9. The number of carbonyl (C=O) groups is 2. The SMILES string of the molecule is CON(C)C(=O)c1cc(-c2ccccc2)nc2c(C(N)=O)ncn12. The average Bonchev–Trinajstić information content (AvgIpc) is 3.04. The van der Waals surface area contributed by atoms with Crippen molar-refractivity contribution in [3.8, 4) is 11.3 Å². The van der Waals surface area contributed by atoms with Crippen LogP contribution in [0.4, 0.5) is 0 Å². The van der Waals surface area contributed by atoms with Crippen LogP contribution in [-0.2, 0) is 4.84 Å². The van der Waals surface area contributed by atoms with Gasteiger partial charge in [0.15, 0.2) is 11.3 Å². The second-order valence-electron chi connectivity index (χ2n) is 5.03. The van der Waals surface area contributed by atoms with Crippen molar-refractivity contribution in [2.45, 2.75) is 0 Å². The van der Waals surface area contributed by atoms with Crippen molar-refractivity contribution in [2.75, 3.05) is 14.2 Å². The lowest BCUT2D eigenvalue weighted by Gasteiger charge is -2.15. The van der Waals surface area contributed by atoms with E-state index in [0.29, 0.717) is 5.69 Å². The third kappa shape index (κ3) is 2.59. The molecule has 0 spiro atoms. The van der Waals surface area contributed by atoms with Gasteiger partial charge in [0, 0.05) is 12.6 Å². The van der Waals surface area contributed by atoms with Crippen LogP contribution in [0.2, 0.25) is 0 Å². The van der Waals surface area contributed by atoms with E-state index in [4.69, 9.17) is 10.6 Å². The monoisotopic (exact) mass is 325 g/mol. The summed E-state index contributed by atoms with van der Waals surface area (Å²) in [5.74, 6) is -1.12. The fourth-order valence-electron chi connectivity index (χ4n) is 2.31. The molecule has 1 aromatic carbocycles. The Bertz CT molecular complexity index is 920. The van der Waals surface area contributed by atoms with Crippen molar-refractivity contribution in [1.29, 1.82) is 0 Å². The smallest absolute Gasteiger partial charge is 0.294 e. The molecule has 0 radical (unpaired) electrons. The number of nitrogens with zero attached hydrogens (tertiary/aromatic N) is 4. The van der Waals surface area contributed by atoms with Gasteiger partial charge in [-0.1, -0.05) is 30.3 Å². The van der Waals surface area contributed by atoms with Gasteiger partial charge < -0.3 is 5.73 Å². The number of amides is 2. The van der Waals surface area contributed by atoms with Gasteiger partial charge >= 0.3 is 0 Å². The Labute approximate surface area is 137 Å². The zero-order valence-electron chi connectivity index (χ0n) is 13.1. The topological polar surface area (TPSA) is 103 Å². The molecule has 3 aromatic rings. The highest BCUT2D eigenvalue weighted by molar-refractivity contribution is 5.99. The number of fused-ring (bicyclic) bond motifs is 1. The van der Waals surface area contributed by atoms with E-state index in [1.807, 2.05) is 30.3 Å². The number of carbonyl (C=O) groups excluding carboxylic acids is 2. The summed E-state index contributed by atoms with van der Waals surface area (Å²) in [7, 11) is 2.87. The van der Waals surface area contributed by atoms with Crippen molar-refractivity contribution >= 4 is 17.5 Å². The van der Waals surface area contributed by atoms with Crippen molar-refractivity contribution in [1.82, 2.24) is 19.4 Å². The van der Waals surface area contributed by atoms with Gasteiger partial charge in [-0.3, -0.25) is 18.8 Å². The van der Waals surface area contributed by atoms with Crippen molar-refractivity contribution in [3.05, 3.63) is 54.1 Å². The van der Waals surface area contributed by atoms with Crippen LogP contribution >= 0.6 is 0 Å². The quantitative estimate of drug-likeness (QED) is 0.724. The zero-order chi connectivity index (χ0) is 17.3. The van der Waals surface area contributed by atoms with Crippen LogP contribution in [0.5, 0.6) is 0 Å². The van der Waals surface area contributed by atoms with Gasteiger partial charge in [-0.05, 0) is 6.07 Å². The Balaban J connectivity index is 2.29. The predicted molar refractivity (Wildman–Crippen MR) is 86.0 cm³/mol. The maximum atomic E-state index is 12.6. The third-order valence-electron chi connectivity index (χ3n) is 3.58. The van der Waals surface area contributed by atoms with E-state index in [1.54, 1.807) is 6.07 Å². The summed E-state index contributed by atoms with van der Waals surface area (Å²) < 4.78 is 1.42. The first kappa shape index (κ1) is 15.6. The summed E-state index contributed by atoms with van der Waals surface area (Å²) in [6.45, 7) is 0. The van der Waals surface area contributed by atoms with E-state index in [0.717, 1.165) is 10.6 Å². The molecular weight excluding hydrogens is 310 g/mol. The van der Waals surface area contributed by atoms with Crippen molar-refractivity contribution in [2.24, 2.45) is 5.73 Å². The number of hydrogen-bond donors (Lipinski definition) is 1. The first-order chi connectivity index (χ1) is 11.5. The summed E-state index contributed by atoms with van der Waals surface area (Å²) in [4.78, 5) is 37.5. The molecule has 0 atom stereocenters. The van der Waals surface area contributed by atoms with E-state index in [9.17, 15) is 9.59 Å². The number of hydrogen-bond acceptors (Lipinski definition) is 5. The van der Waals surface area contributed by atoms with Crippen molar-refractivity contribution in [3.63, 3.8) is 0 Å². The Hall–Kier alpha value is -3.26. The lowest BCUT2D eigenvalue weighted by Crippen LogP contribution is -2.27. The molecule has 2 N–H and O–H groups in total. The normalized spacial score (nSPS) is 10.8. The lowest BCUT2D eigenvalue weighted by atomic mass is 10.1. The van der Waals surface area contributed by atoms with E-state index in [1.165, 1.54) is 24.9 Å². The highest BCUT2D eigenvalue weighted by Gasteiger charge is 2.21. The van der Waals surface area contributed by atoms with Crippen LogP contribution in [-0.4, -0.2) is 45.4 Å². The largest absolute Gasteiger partial charge is 0.364 e. The minimum atomic E-state index is -0.714. The maximum absolute atomic E-state index is 12.6. The minimum absolute atomic E-state index is 0.00176. The average molecular weight is 325 g/mol. The number of primary amides is 1. The molecule has 0 aliphatic carbocycles. The Morgan fingerprint density at radius 1 is 1.25 bits per heavy atom. The molecule has 0 unspecified atom stereocenters. The molecular formula is C16H15N5O3. The number of imidazole rings is 1. The molecule has 2 aromatic heterocycles. The highest BCUT2D eigenvalue weighted by Crippen LogP contribution is 2.21. The third-order valence-corrected chi connectivity index (χ3v) is 3.58. The first-order valence-electron chi connectivity index (χ1n) is 7.08. The molecule has 0 bridgehead atoms. The van der Waals surface area contributed by atoms with E-state index in [-0.39, 0.29) is 17.0 Å². The van der Waals surface area contributed by atoms with E-state index >= 15 is 0 Å². The fraction of sp³-hybridized carbons (Fsp3) is 0.125. The van der Waals surface area contributed by atoms with Gasteiger partial charge in [0.2, 0.25) is 0 Å². The molecule has 2 amide bonds. The highest BCUT2D eigenvalue weighted by atomic mass is 16.7. The molecule has 8 nitrogen and oxygen atoms in total. The van der Waals surface area contributed by atoms with Gasteiger partial charge in [0.05, 0.1) is 12.8 Å². The van der Waals surface area contributed by atoms with Gasteiger partial charge in [-0.2, -0.15) is 0 Å². The lowest BCUT2D eigenvalue weighted by molar-refractivity contribution is -0.0761. The van der Waals surface area contributed by atoms with Gasteiger partial charge in [-0.25, -0.2) is 15.0 Å². The molecule has 0 fully saturated rings. The summed E-state index contributed by atoms with van der Waals surface area (Å²) >= 11 is 0. The molecule has 122 valence electrons. The van der Waals surface area contributed by atoms with Gasteiger partial charge in [-0.15, -0.1) is 0 Å². The van der Waals surface area contributed by atoms with E-state index < -0.39 is 11.8 Å². The summed E-state index contributed by atoms with van der Waals surface area (Å²) in [5, 5.41) is 1.08. The molecule has 2 heterocycles. The van der Waals surface area contributed by atoms with Crippen LogP contribution in [0.25, 0.3) is 16.9 Å². The van der Waals surface area contributed by atoms with Gasteiger partial charge in [0.25, 0.3) is 11.8 Å². The number of benzene rings is 1. The molecule has 0 aliphatic rings. The number of hydroxylamine groups is 2. The predicted octanol–water partition coefficient (Wildman–Crippen LogP) is 1.13. The summed E-state index contributed by atoms with van der Waals surface area (Å²) in [5.41, 5.74) is 7.15. The van der Waals surface area contributed by atoms with Crippen LogP contribution in [0.3, 0.4) is 0 Å². The number of nitrogens with two attached hydrogens (primary N) is 1. The van der Waals surface area contributed by atoms with Crippen LogP contribution in [0.1, 0.15) is 21.0 Å². The Morgan fingerprint density at radius 3 is 2.58 bits per heavy atom. The molecule has 24 heavy (non-hydrogen) atoms. The standard InChI is InChI=1S/C16H15N5O3/c1-20(24-2)16(23)12-8-11(10-6-4-3-5-7-10)19-15-13(14(17)22)18-9-21(12)15/h3-9H,1-2H3,(H2,17,22). The number of aromatic nitrogens is 3. The minimum Gasteiger partial charge on any atom is -0.364 e. The number of rotatable bonds is 4. The molecule has 0 aliphatic heterocycles. The van der Waals surface area contributed by atoms with Crippen molar-refractivity contribution < 1.29 is 14.4 Å². The molecule has 0 saturated heterocycles. The van der Waals surface area contributed by atoms with Crippen LogP contribution in [0, 0.1) is 0 Å². The molecule has 0 saturated carbocycles. The van der Waals surface area contributed by atoms with Crippen LogP contribution in [0.15, 0.2) is 42.7 Å². The fourth-order valence-corrected chi connectivity index (χ4v) is 2.31.